The van der Waals surface area contributed by atoms with Gasteiger partial charge in [-0.3, -0.25) is 4.79 Å². The second-order valence-electron chi connectivity index (χ2n) is 3.62. The van der Waals surface area contributed by atoms with Crippen molar-refractivity contribution < 1.29 is 13.9 Å². The minimum absolute atomic E-state index is 0.00596. The molecule has 0 radical (unpaired) electrons. The van der Waals surface area contributed by atoms with Crippen molar-refractivity contribution in [3.63, 3.8) is 0 Å². The summed E-state index contributed by atoms with van der Waals surface area (Å²) in [7, 11) is 1.41. The van der Waals surface area contributed by atoms with Crippen LogP contribution < -0.4 is 9.64 Å². The first-order valence-electron chi connectivity index (χ1n) is 4.90. The first kappa shape index (κ1) is 11.4. The third-order valence-electron chi connectivity index (χ3n) is 2.52. The van der Waals surface area contributed by atoms with Crippen molar-refractivity contribution in [3.05, 3.63) is 24.0 Å². The van der Waals surface area contributed by atoms with Gasteiger partial charge in [-0.15, -0.1) is 0 Å². The highest BCUT2D eigenvalue weighted by molar-refractivity contribution is 9.09. The number of carbonyl (C=O) groups is 1. The highest BCUT2D eigenvalue weighted by Gasteiger charge is 2.29. The van der Waals surface area contributed by atoms with Gasteiger partial charge in [-0.25, -0.2) is 4.39 Å². The summed E-state index contributed by atoms with van der Waals surface area (Å²) in [6.45, 7) is 0.574. The van der Waals surface area contributed by atoms with Crippen molar-refractivity contribution in [3.8, 4) is 5.75 Å². The maximum atomic E-state index is 13.5. The van der Waals surface area contributed by atoms with E-state index in [-0.39, 0.29) is 16.5 Å². The number of benzene rings is 1. The SMILES string of the molecule is COc1ccc(N2CC(Br)CC2=O)cc1F. The minimum atomic E-state index is -0.453. The smallest absolute Gasteiger partial charge is 0.228 e. The average Bonchev–Trinajstić information content (AvgIpc) is 2.58. The fourth-order valence-electron chi connectivity index (χ4n) is 1.74. The average molecular weight is 288 g/mol. The van der Waals surface area contributed by atoms with Gasteiger partial charge in [0, 0.05) is 29.5 Å². The summed E-state index contributed by atoms with van der Waals surface area (Å²) in [5.74, 6) is -0.261. The van der Waals surface area contributed by atoms with Crippen molar-refractivity contribution >= 4 is 27.5 Å². The van der Waals surface area contributed by atoms with Crippen LogP contribution in [-0.2, 0) is 4.79 Å². The fraction of sp³-hybridized carbons (Fsp3) is 0.364. The van der Waals surface area contributed by atoms with Crippen LogP contribution >= 0.6 is 15.9 Å². The largest absolute Gasteiger partial charge is 0.494 e. The summed E-state index contributed by atoms with van der Waals surface area (Å²) in [6.07, 6.45) is 0.452. The second-order valence-corrected chi connectivity index (χ2v) is 4.92. The number of ether oxygens (including phenoxy) is 1. The zero-order valence-corrected chi connectivity index (χ0v) is 10.3. The summed E-state index contributed by atoms with van der Waals surface area (Å²) in [5.41, 5.74) is 0.574. The van der Waals surface area contributed by atoms with Gasteiger partial charge in [-0.05, 0) is 12.1 Å². The van der Waals surface area contributed by atoms with Crippen LogP contribution in [0.2, 0.25) is 0 Å². The Morgan fingerprint density at radius 2 is 2.31 bits per heavy atom. The van der Waals surface area contributed by atoms with Gasteiger partial charge >= 0.3 is 0 Å². The zero-order chi connectivity index (χ0) is 11.7. The van der Waals surface area contributed by atoms with E-state index in [1.54, 1.807) is 11.0 Å². The van der Waals surface area contributed by atoms with Crippen molar-refractivity contribution in [1.29, 1.82) is 0 Å². The van der Waals surface area contributed by atoms with Crippen molar-refractivity contribution in [2.45, 2.75) is 11.2 Å². The van der Waals surface area contributed by atoms with E-state index >= 15 is 0 Å². The molecule has 5 heteroatoms. The molecule has 16 heavy (non-hydrogen) atoms. The van der Waals surface area contributed by atoms with E-state index in [1.807, 2.05) is 0 Å². The predicted octanol–water partition coefficient (Wildman–Crippen LogP) is 2.33. The molecule has 1 heterocycles. The van der Waals surface area contributed by atoms with E-state index in [0.29, 0.717) is 18.7 Å². The molecule has 0 aliphatic carbocycles. The molecule has 1 aromatic carbocycles. The van der Waals surface area contributed by atoms with E-state index in [4.69, 9.17) is 4.74 Å². The van der Waals surface area contributed by atoms with Crippen molar-refractivity contribution in [1.82, 2.24) is 0 Å². The quantitative estimate of drug-likeness (QED) is 0.782. The molecule has 1 saturated heterocycles. The maximum Gasteiger partial charge on any atom is 0.228 e. The number of hydrogen-bond acceptors (Lipinski definition) is 2. The molecule has 0 spiro atoms. The van der Waals surface area contributed by atoms with Gasteiger partial charge in [0.2, 0.25) is 5.91 Å². The van der Waals surface area contributed by atoms with Crippen molar-refractivity contribution in [2.75, 3.05) is 18.6 Å². The number of hydrogen-bond donors (Lipinski definition) is 0. The molecule has 1 atom stereocenters. The normalized spacial score (nSPS) is 20.3. The van der Waals surface area contributed by atoms with E-state index in [1.165, 1.54) is 19.2 Å². The van der Waals surface area contributed by atoms with Crippen LogP contribution in [0.3, 0.4) is 0 Å². The Balaban J connectivity index is 2.28. The topological polar surface area (TPSA) is 29.5 Å². The van der Waals surface area contributed by atoms with Crippen LogP contribution in [-0.4, -0.2) is 24.4 Å². The van der Waals surface area contributed by atoms with Crippen LogP contribution in [0.1, 0.15) is 6.42 Å². The molecular weight excluding hydrogens is 277 g/mol. The molecular formula is C11H11BrFNO2. The standard InChI is InChI=1S/C11H11BrFNO2/c1-16-10-3-2-8(5-9(10)13)14-6-7(12)4-11(14)15/h2-3,5,7H,4,6H2,1H3. The summed E-state index contributed by atoms with van der Waals surface area (Å²) in [4.78, 5) is 13.3. The van der Waals surface area contributed by atoms with E-state index in [9.17, 15) is 9.18 Å². The zero-order valence-electron chi connectivity index (χ0n) is 8.74. The van der Waals surface area contributed by atoms with E-state index in [2.05, 4.69) is 15.9 Å². The van der Waals surface area contributed by atoms with Gasteiger partial charge in [-0.1, -0.05) is 15.9 Å². The third-order valence-corrected chi connectivity index (χ3v) is 3.14. The molecule has 2 rings (SSSR count). The number of methoxy groups -OCH3 is 1. The van der Waals surface area contributed by atoms with Crippen LogP contribution in [0.25, 0.3) is 0 Å². The first-order chi connectivity index (χ1) is 7.61. The van der Waals surface area contributed by atoms with Crippen LogP contribution in [0.4, 0.5) is 10.1 Å². The van der Waals surface area contributed by atoms with E-state index in [0.717, 1.165) is 0 Å². The van der Waals surface area contributed by atoms with Gasteiger partial charge in [0.05, 0.1) is 7.11 Å². The van der Waals surface area contributed by atoms with Gasteiger partial charge in [-0.2, -0.15) is 0 Å². The molecule has 0 aromatic heterocycles. The monoisotopic (exact) mass is 287 g/mol. The lowest BCUT2D eigenvalue weighted by molar-refractivity contribution is -0.117. The molecule has 1 aliphatic heterocycles. The summed E-state index contributed by atoms with van der Waals surface area (Å²) in [6, 6.07) is 4.53. The van der Waals surface area contributed by atoms with Gasteiger partial charge in [0.1, 0.15) is 0 Å². The number of anilines is 1. The Morgan fingerprint density at radius 3 is 2.81 bits per heavy atom. The van der Waals surface area contributed by atoms with Gasteiger partial charge in [0.15, 0.2) is 11.6 Å². The van der Waals surface area contributed by atoms with Crippen LogP contribution in [0.5, 0.6) is 5.75 Å². The minimum Gasteiger partial charge on any atom is -0.494 e. The van der Waals surface area contributed by atoms with Crippen LogP contribution in [0, 0.1) is 5.82 Å². The van der Waals surface area contributed by atoms with Crippen LogP contribution in [0.15, 0.2) is 18.2 Å². The summed E-state index contributed by atoms with van der Waals surface area (Å²) < 4.78 is 18.3. The second kappa shape index (κ2) is 4.41. The number of halogens is 2. The van der Waals surface area contributed by atoms with Crippen molar-refractivity contribution in [2.24, 2.45) is 0 Å². The lowest BCUT2D eigenvalue weighted by atomic mass is 10.2. The number of amides is 1. The highest BCUT2D eigenvalue weighted by atomic mass is 79.9. The number of alkyl halides is 1. The number of rotatable bonds is 2. The number of nitrogens with zero attached hydrogens (tertiary/aromatic N) is 1. The first-order valence-corrected chi connectivity index (χ1v) is 5.81. The Bertz CT molecular complexity index is 424. The Kier molecular flexibility index (Phi) is 3.14. The molecule has 86 valence electrons. The Labute approximate surface area is 101 Å². The highest BCUT2D eigenvalue weighted by Crippen LogP contribution is 2.28. The molecule has 1 aliphatic rings. The maximum absolute atomic E-state index is 13.5. The molecule has 1 amide bonds. The third kappa shape index (κ3) is 2.04. The Morgan fingerprint density at radius 1 is 1.56 bits per heavy atom. The number of carbonyl (C=O) groups excluding carboxylic acids is 1. The molecule has 1 fully saturated rings. The molecule has 0 saturated carbocycles. The molecule has 1 aromatic rings. The predicted molar refractivity (Wildman–Crippen MR) is 62.6 cm³/mol. The lowest BCUT2D eigenvalue weighted by Crippen LogP contribution is -2.24. The molecule has 3 nitrogen and oxygen atoms in total. The Hall–Kier alpha value is -1.10. The van der Waals surface area contributed by atoms with Gasteiger partial charge < -0.3 is 9.64 Å². The summed E-state index contributed by atoms with van der Waals surface area (Å²) in [5, 5.41) is 0. The summed E-state index contributed by atoms with van der Waals surface area (Å²) >= 11 is 3.38. The molecule has 1 unspecified atom stereocenters. The van der Waals surface area contributed by atoms with E-state index < -0.39 is 5.82 Å². The lowest BCUT2D eigenvalue weighted by Gasteiger charge is -2.16. The van der Waals surface area contributed by atoms with Gasteiger partial charge in [0.25, 0.3) is 0 Å². The molecule has 0 N–H and O–H groups in total. The fourth-order valence-corrected chi connectivity index (χ4v) is 2.30. The molecule has 0 bridgehead atoms.